The number of rotatable bonds is 2. The molecule has 2 N–H and O–H groups in total. The van der Waals surface area contributed by atoms with Crippen LogP contribution in [0.1, 0.15) is 19.5 Å². The predicted molar refractivity (Wildman–Crippen MR) is 59.3 cm³/mol. The van der Waals surface area contributed by atoms with Gasteiger partial charge in [0, 0.05) is 24.3 Å². The average molecular weight is 202 g/mol. The Morgan fingerprint density at radius 1 is 1.20 bits per heavy atom. The Balaban J connectivity index is 2.37. The van der Waals surface area contributed by atoms with E-state index in [-0.39, 0.29) is 0 Å². The summed E-state index contributed by atoms with van der Waals surface area (Å²) in [5.74, 6) is 0. The van der Waals surface area contributed by atoms with Crippen LogP contribution in [-0.2, 0) is 5.60 Å². The molecular weight excluding hydrogens is 188 g/mol. The molecule has 0 unspecified atom stereocenters. The molecule has 0 radical (unpaired) electrons. The van der Waals surface area contributed by atoms with E-state index < -0.39 is 5.60 Å². The summed E-state index contributed by atoms with van der Waals surface area (Å²) in [7, 11) is 0. The standard InChI is InChI=1S/C12H14N2O/c1-12(2,15)11-7-10(8-14-11)9-3-5-13-6-4-9/h3-8,14-15H,1-2H3. The van der Waals surface area contributed by atoms with E-state index in [1.165, 1.54) is 0 Å². The lowest BCUT2D eigenvalue weighted by atomic mass is 10.0. The number of nitrogens with one attached hydrogen (secondary N) is 1. The van der Waals surface area contributed by atoms with Crippen molar-refractivity contribution < 1.29 is 5.11 Å². The minimum atomic E-state index is -0.828. The molecule has 2 heterocycles. The van der Waals surface area contributed by atoms with Gasteiger partial charge < -0.3 is 10.1 Å². The summed E-state index contributed by atoms with van der Waals surface area (Å²) in [5.41, 5.74) is 2.14. The predicted octanol–water partition coefficient (Wildman–Crippen LogP) is 2.30. The first-order valence-electron chi connectivity index (χ1n) is 4.89. The smallest absolute Gasteiger partial charge is 0.0987 e. The van der Waals surface area contributed by atoms with Crippen LogP contribution in [0.2, 0.25) is 0 Å². The van der Waals surface area contributed by atoms with Crippen molar-refractivity contribution in [3.8, 4) is 11.1 Å². The Labute approximate surface area is 88.8 Å². The Morgan fingerprint density at radius 2 is 1.87 bits per heavy atom. The molecule has 0 fully saturated rings. The molecule has 15 heavy (non-hydrogen) atoms. The maximum atomic E-state index is 9.81. The molecule has 3 nitrogen and oxygen atoms in total. The van der Waals surface area contributed by atoms with E-state index >= 15 is 0 Å². The summed E-state index contributed by atoms with van der Waals surface area (Å²) >= 11 is 0. The van der Waals surface area contributed by atoms with Gasteiger partial charge in [-0.05, 0) is 43.2 Å². The van der Waals surface area contributed by atoms with Crippen LogP contribution < -0.4 is 0 Å². The van der Waals surface area contributed by atoms with Gasteiger partial charge in [-0.15, -0.1) is 0 Å². The second-order valence-corrected chi connectivity index (χ2v) is 4.10. The summed E-state index contributed by atoms with van der Waals surface area (Å²) in [6.45, 7) is 3.52. The van der Waals surface area contributed by atoms with Crippen molar-refractivity contribution in [2.24, 2.45) is 0 Å². The van der Waals surface area contributed by atoms with Gasteiger partial charge in [0.25, 0.3) is 0 Å². The lowest BCUT2D eigenvalue weighted by Crippen LogP contribution is -2.15. The van der Waals surface area contributed by atoms with Crippen LogP contribution in [0.25, 0.3) is 11.1 Å². The van der Waals surface area contributed by atoms with Crippen molar-refractivity contribution in [1.29, 1.82) is 0 Å². The third-order valence-corrected chi connectivity index (χ3v) is 2.36. The Kier molecular flexibility index (Phi) is 2.32. The Morgan fingerprint density at radius 3 is 2.40 bits per heavy atom. The quantitative estimate of drug-likeness (QED) is 0.785. The molecule has 0 aliphatic rings. The molecule has 0 aromatic carbocycles. The molecular formula is C12H14N2O. The maximum Gasteiger partial charge on any atom is 0.0987 e. The molecule has 0 saturated carbocycles. The first-order valence-corrected chi connectivity index (χ1v) is 4.89. The SMILES string of the molecule is CC(C)(O)c1cc(-c2ccncc2)c[nH]1. The third kappa shape index (κ3) is 2.07. The van der Waals surface area contributed by atoms with Gasteiger partial charge in [0.2, 0.25) is 0 Å². The molecule has 0 atom stereocenters. The number of pyridine rings is 1. The largest absolute Gasteiger partial charge is 0.384 e. The van der Waals surface area contributed by atoms with Crippen LogP contribution in [0.4, 0.5) is 0 Å². The highest BCUT2D eigenvalue weighted by atomic mass is 16.3. The lowest BCUT2D eigenvalue weighted by Gasteiger charge is -2.14. The lowest BCUT2D eigenvalue weighted by molar-refractivity contribution is 0.0744. The summed E-state index contributed by atoms with van der Waals surface area (Å²) in [6, 6.07) is 5.84. The fourth-order valence-corrected chi connectivity index (χ4v) is 1.46. The normalized spacial score (nSPS) is 11.7. The number of H-pyrrole nitrogens is 1. The summed E-state index contributed by atoms with van der Waals surface area (Å²) in [4.78, 5) is 7.04. The van der Waals surface area contributed by atoms with Crippen LogP contribution in [0.3, 0.4) is 0 Å². The van der Waals surface area contributed by atoms with E-state index in [0.717, 1.165) is 16.8 Å². The minimum Gasteiger partial charge on any atom is -0.384 e. The number of aromatic amines is 1. The molecule has 3 heteroatoms. The van der Waals surface area contributed by atoms with Crippen LogP contribution in [-0.4, -0.2) is 15.1 Å². The zero-order valence-electron chi connectivity index (χ0n) is 8.86. The van der Waals surface area contributed by atoms with Crippen molar-refractivity contribution in [2.45, 2.75) is 19.4 Å². The number of hydrogen-bond donors (Lipinski definition) is 2. The molecule has 0 spiro atoms. The van der Waals surface area contributed by atoms with E-state index in [9.17, 15) is 5.11 Å². The number of aromatic nitrogens is 2. The van der Waals surface area contributed by atoms with Crippen molar-refractivity contribution in [3.05, 3.63) is 42.5 Å². The molecule has 0 aliphatic carbocycles. The van der Waals surface area contributed by atoms with Crippen LogP contribution in [0.15, 0.2) is 36.8 Å². The zero-order chi connectivity index (χ0) is 10.9. The van der Waals surface area contributed by atoms with Crippen molar-refractivity contribution >= 4 is 0 Å². The van der Waals surface area contributed by atoms with Gasteiger partial charge in [0.15, 0.2) is 0 Å². The molecule has 2 aromatic heterocycles. The van der Waals surface area contributed by atoms with E-state index in [4.69, 9.17) is 0 Å². The van der Waals surface area contributed by atoms with Crippen LogP contribution in [0.5, 0.6) is 0 Å². The van der Waals surface area contributed by atoms with Crippen molar-refractivity contribution in [3.63, 3.8) is 0 Å². The van der Waals surface area contributed by atoms with Gasteiger partial charge in [0.05, 0.1) is 5.60 Å². The number of hydrogen-bond acceptors (Lipinski definition) is 2. The maximum absolute atomic E-state index is 9.81. The molecule has 0 amide bonds. The fourth-order valence-electron chi connectivity index (χ4n) is 1.46. The molecule has 0 aliphatic heterocycles. The van der Waals surface area contributed by atoms with E-state index in [1.807, 2.05) is 24.4 Å². The van der Waals surface area contributed by atoms with Gasteiger partial charge in [0.1, 0.15) is 0 Å². The first-order chi connectivity index (χ1) is 7.07. The fraction of sp³-hybridized carbons (Fsp3) is 0.250. The highest BCUT2D eigenvalue weighted by Crippen LogP contribution is 2.25. The molecule has 2 aromatic rings. The Hall–Kier alpha value is -1.61. The van der Waals surface area contributed by atoms with Gasteiger partial charge in [-0.1, -0.05) is 0 Å². The minimum absolute atomic E-state index is 0.814. The Bertz CT molecular complexity index is 440. The van der Waals surface area contributed by atoms with Gasteiger partial charge in [-0.3, -0.25) is 4.98 Å². The average Bonchev–Trinajstić information content (AvgIpc) is 2.67. The summed E-state index contributed by atoms with van der Waals surface area (Å²) in [5, 5.41) is 9.81. The van der Waals surface area contributed by atoms with Crippen molar-refractivity contribution in [2.75, 3.05) is 0 Å². The number of nitrogens with zero attached hydrogens (tertiary/aromatic N) is 1. The molecule has 0 bridgehead atoms. The second-order valence-electron chi connectivity index (χ2n) is 4.10. The van der Waals surface area contributed by atoms with Crippen molar-refractivity contribution in [1.82, 2.24) is 9.97 Å². The summed E-state index contributed by atoms with van der Waals surface area (Å²) < 4.78 is 0. The molecule has 78 valence electrons. The van der Waals surface area contributed by atoms with E-state index in [1.54, 1.807) is 26.2 Å². The topological polar surface area (TPSA) is 48.9 Å². The number of aliphatic hydroxyl groups is 1. The highest BCUT2D eigenvalue weighted by molar-refractivity contribution is 5.62. The summed E-state index contributed by atoms with van der Waals surface area (Å²) in [6.07, 6.45) is 5.40. The molecule has 0 saturated heterocycles. The highest BCUT2D eigenvalue weighted by Gasteiger charge is 2.17. The van der Waals surface area contributed by atoms with Gasteiger partial charge in [-0.25, -0.2) is 0 Å². The third-order valence-electron chi connectivity index (χ3n) is 2.36. The van der Waals surface area contributed by atoms with E-state index in [2.05, 4.69) is 9.97 Å². The zero-order valence-corrected chi connectivity index (χ0v) is 8.86. The second kappa shape index (κ2) is 3.51. The first kappa shape index (κ1) is 9.93. The van der Waals surface area contributed by atoms with Crippen LogP contribution in [0, 0.1) is 0 Å². The van der Waals surface area contributed by atoms with E-state index in [0.29, 0.717) is 0 Å². The van der Waals surface area contributed by atoms with Crippen LogP contribution >= 0.6 is 0 Å². The monoisotopic (exact) mass is 202 g/mol. The van der Waals surface area contributed by atoms with Gasteiger partial charge in [-0.2, -0.15) is 0 Å². The van der Waals surface area contributed by atoms with Gasteiger partial charge >= 0.3 is 0 Å². The molecule has 2 rings (SSSR count).